The second-order valence-electron chi connectivity index (χ2n) is 10.4. The van der Waals surface area contributed by atoms with E-state index >= 15 is 0 Å². The standard InChI is InChI=1S/C29H31F2N7O5/c1-16-12-17(4-5-18(16)26(39)33-9-10-34-27(40)20-13-29(2,42)15-36-20)37-28(41)25-35-14-21(38(25)3)19-6-7-22(43-11-8-32)24(31)23(19)30/h4-7,12,14,20,36,42H,9-11,13,15H2,1-3H3,(H,33,39)(H,34,40)(H,37,41)/t20-,29-/m1/s1. The molecule has 43 heavy (non-hydrogen) atoms. The van der Waals surface area contributed by atoms with Gasteiger partial charge in [-0.3, -0.25) is 14.4 Å². The van der Waals surface area contributed by atoms with Crippen molar-refractivity contribution >= 4 is 23.4 Å². The third-order valence-electron chi connectivity index (χ3n) is 6.93. The molecule has 226 valence electrons. The summed E-state index contributed by atoms with van der Waals surface area (Å²) in [6.45, 7) is 3.64. The average Bonchev–Trinajstić information content (AvgIpc) is 3.53. The lowest BCUT2D eigenvalue weighted by molar-refractivity contribution is -0.123. The number of nitrogens with zero attached hydrogens (tertiary/aromatic N) is 3. The maximum Gasteiger partial charge on any atom is 0.291 e. The number of rotatable bonds is 10. The molecule has 12 nitrogen and oxygen atoms in total. The summed E-state index contributed by atoms with van der Waals surface area (Å²) >= 11 is 0. The molecule has 14 heteroatoms. The fraction of sp³-hybridized carbons (Fsp3) is 0.345. The molecule has 0 radical (unpaired) electrons. The molecule has 0 bridgehead atoms. The number of anilines is 1. The molecule has 2 atom stereocenters. The van der Waals surface area contributed by atoms with Gasteiger partial charge in [0.05, 0.1) is 23.5 Å². The van der Waals surface area contributed by atoms with Crippen LogP contribution in [0, 0.1) is 29.9 Å². The van der Waals surface area contributed by atoms with Gasteiger partial charge >= 0.3 is 0 Å². The van der Waals surface area contributed by atoms with Gasteiger partial charge in [0.1, 0.15) is 6.07 Å². The highest BCUT2D eigenvalue weighted by atomic mass is 19.2. The molecule has 1 aliphatic heterocycles. The summed E-state index contributed by atoms with van der Waals surface area (Å²) in [4.78, 5) is 41.9. The van der Waals surface area contributed by atoms with Crippen LogP contribution < -0.4 is 26.0 Å². The normalized spacial score (nSPS) is 17.7. The van der Waals surface area contributed by atoms with E-state index in [1.165, 1.54) is 36.0 Å². The summed E-state index contributed by atoms with van der Waals surface area (Å²) in [7, 11) is 1.48. The number of carbonyl (C=O) groups excluding carboxylic acids is 3. The molecule has 2 heterocycles. The molecule has 2 aromatic carbocycles. The number of carbonyl (C=O) groups is 3. The van der Waals surface area contributed by atoms with E-state index in [0.717, 1.165) is 0 Å². The lowest BCUT2D eigenvalue weighted by Gasteiger charge is -2.15. The Balaban J connectivity index is 1.34. The Morgan fingerprint density at radius 3 is 2.60 bits per heavy atom. The highest BCUT2D eigenvalue weighted by molar-refractivity contribution is 6.03. The summed E-state index contributed by atoms with van der Waals surface area (Å²) in [5, 5.41) is 29.7. The number of hydrogen-bond donors (Lipinski definition) is 5. The number of aliphatic hydroxyl groups is 1. The van der Waals surface area contributed by atoms with Gasteiger partial charge in [-0.15, -0.1) is 0 Å². The van der Waals surface area contributed by atoms with Crippen molar-refractivity contribution in [2.45, 2.75) is 31.9 Å². The fourth-order valence-electron chi connectivity index (χ4n) is 4.70. The molecule has 0 aliphatic carbocycles. The Bertz CT molecular complexity index is 1600. The molecule has 1 aromatic heterocycles. The Morgan fingerprint density at radius 2 is 1.93 bits per heavy atom. The highest BCUT2D eigenvalue weighted by Crippen LogP contribution is 2.30. The van der Waals surface area contributed by atoms with E-state index in [1.807, 2.05) is 0 Å². The van der Waals surface area contributed by atoms with Crippen LogP contribution in [0.2, 0.25) is 0 Å². The van der Waals surface area contributed by atoms with Gasteiger partial charge in [-0.1, -0.05) is 0 Å². The monoisotopic (exact) mass is 595 g/mol. The first-order chi connectivity index (χ1) is 20.4. The number of hydrogen-bond acceptors (Lipinski definition) is 8. The third-order valence-corrected chi connectivity index (χ3v) is 6.93. The molecule has 0 spiro atoms. The molecule has 1 fully saturated rings. The number of halogens is 2. The van der Waals surface area contributed by atoms with Crippen LogP contribution in [0.5, 0.6) is 5.75 Å². The van der Waals surface area contributed by atoms with E-state index in [9.17, 15) is 28.3 Å². The second-order valence-corrected chi connectivity index (χ2v) is 10.4. The van der Waals surface area contributed by atoms with E-state index in [4.69, 9.17) is 10.00 Å². The molecular formula is C29H31F2N7O5. The average molecular weight is 596 g/mol. The van der Waals surface area contributed by atoms with Gasteiger partial charge in [-0.25, -0.2) is 9.37 Å². The topological polar surface area (TPSA) is 170 Å². The first kappa shape index (κ1) is 31.1. The molecule has 0 saturated carbocycles. The fourth-order valence-corrected chi connectivity index (χ4v) is 4.70. The van der Waals surface area contributed by atoms with Crippen LogP contribution in [0.3, 0.4) is 0 Å². The smallest absolute Gasteiger partial charge is 0.291 e. The van der Waals surface area contributed by atoms with Gasteiger partial charge in [0.2, 0.25) is 11.7 Å². The number of β-amino-alcohol motifs (C(OH)–C–C–N with tert-alkyl or cyclic N) is 1. The summed E-state index contributed by atoms with van der Waals surface area (Å²) < 4.78 is 35.3. The number of imidazole rings is 1. The van der Waals surface area contributed by atoms with Gasteiger partial charge < -0.3 is 35.7 Å². The summed E-state index contributed by atoms with van der Waals surface area (Å²) in [6, 6.07) is 8.33. The summed E-state index contributed by atoms with van der Waals surface area (Å²) in [5.74, 6) is -4.18. The number of nitrogens with one attached hydrogen (secondary N) is 4. The predicted octanol–water partition coefficient (Wildman–Crippen LogP) is 1.79. The van der Waals surface area contributed by atoms with E-state index < -0.39 is 41.5 Å². The minimum atomic E-state index is -1.26. The van der Waals surface area contributed by atoms with Crippen molar-refractivity contribution in [3.8, 4) is 23.1 Å². The lowest BCUT2D eigenvalue weighted by Crippen LogP contribution is -2.43. The maximum absolute atomic E-state index is 14.7. The van der Waals surface area contributed by atoms with Crippen molar-refractivity contribution < 1.29 is 33.0 Å². The van der Waals surface area contributed by atoms with Crippen molar-refractivity contribution in [1.29, 1.82) is 5.26 Å². The molecule has 3 aromatic rings. The highest BCUT2D eigenvalue weighted by Gasteiger charge is 2.36. The van der Waals surface area contributed by atoms with Crippen LogP contribution in [0.1, 0.15) is 39.9 Å². The van der Waals surface area contributed by atoms with Crippen molar-refractivity contribution in [3.63, 3.8) is 0 Å². The molecular weight excluding hydrogens is 564 g/mol. The van der Waals surface area contributed by atoms with E-state index in [2.05, 4.69) is 26.3 Å². The van der Waals surface area contributed by atoms with Crippen LogP contribution in [-0.4, -0.2) is 70.3 Å². The number of benzene rings is 2. The Morgan fingerprint density at radius 1 is 1.19 bits per heavy atom. The molecule has 1 saturated heterocycles. The summed E-state index contributed by atoms with van der Waals surface area (Å²) in [5.41, 5.74) is 0.393. The van der Waals surface area contributed by atoms with Crippen LogP contribution in [0.25, 0.3) is 11.3 Å². The summed E-state index contributed by atoms with van der Waals surface area (Å²) in [6.07, 6.45) is 1.54. The van der Waals surface area contributed by atoms with Crippen LogP contribution >= 0.6 is 0 Å². The molecule has 1 aliphatic rings. The van der Waals surface area contributed by atoms with Gasteiger partial charge in [0, 0.05) is 49.9 Å². The Hall–Kier alpha value is -4.87. The number of nitriles is 1. The molecule has 0 unspecified atom stereocenters. The minimum Gasteiger partial charge on any atom is -0.476 e. The van der Waals surface area contributed by atoms with Gasteiger partial charge in [0.25, 0.3) is 11.8 Å². The Labute approximate surface area is 246 Å². The minimum absolute atomic E-state index is 0.0717. The SMILES string of the molecule is Cc1cc(NC(=O)c2ncc(-c3ccc(OCC#N)c(F)c3F)n2C)ccc1C(=O)NCCNC(=O)[C@H]1C[C@@](C)(O)CN1. The van der Waals surface area contributed by atoms with Gasteiger partial charge in [-0.2, -0.15) is 9.65 Å². The third kappa shape index (κ3) is 7.14. The molecule has 5 N–H and O–H groups in total. The lowest BCUT2D eigenvalue weighted by atomic mass is 10.0. The molecule has 3 amide bonds. The van der Waals surface area contributed by atoms with E-state index in [0.29, 0.717) is 29.8 Å². The maximum atomic E-state index is 14.7. The van der Waals surface area contributed by atoms with Crippen LogP contribution in [0.4, 0.5) is 14.5 Å². The van der Waals surface area contributed by atoms with E-state index in [1.54, 1.807) is 32.0 Å². The van der Waals surface area contributed by atoms with Crippen molar-refractivity contribution in [2.75, 3.05) is 31.6 Å². The van der Waals surface area contributed by atoms with Crippen molar-refractivity contribution in [1.82, 2.24) is 25.5 Å². The zero-order valence-electron chi connectivity index (χ0n) is 23.8. The first-order valence-electron chi connectivity index (χ1n) is 13.4. The van der Waals surface area contributed by atoms with Crippen LogP contribution in [-0.2, 0) is 11.8 Å². The number of ether oxygens (including phenoxy) is 1. The number of aryl methyl sites for hydroxylation is 1. The van der Waals surface area contributed by atoms with Crippen LogP contribution in [0.15, 0.2) is 36.5 Å². The number of amides is 3. The van der Waals surface area contributed by atoms with Crippen molar-refractivity contribution in [3.05, 3.63) is 65.1 Å². The Kier molecular flexibility index (Phi) is 9.37. The van der Waals surface area contributed by atoms with E-state index in [-0.39, 0.29) is 42.0 Å². The quantitative estimate of drug-likeness (QED) is 0.221. The zero-order valence-corrected chi connectivity index (χ0v) is 23.8. The second kappa shape index (κ2) is 13.0. The number of aromatic nitrogens is 2. The van der Waals surface area contributed by atoms with Gasteiger partial charge in [-0.05, 0) is 49.7 Å². The zero-order chi connectivity index (χ0) is 31.3. The molecule has 4 rings (SSSR count). The van der Waals surface area contributed by atoms with Gasteiger partial charge in [0.15, 0.2) is 24.0 Å². The van der Waals surface area contributed by atoms with Crippen molar-refractivity contribution in [2.24, 2.45) is 7.05 Å². The largest absolute Gasteiger partial charge is 0.476 e. The first-order valence-corrected chi connectivity index (χ1v) is 13.4. The predicted molar refractivity (Wildman–Crippen MR) is 151 cm³/mol.